The number of carbonyl (C=O) groups excluding carboxylic acids is 3. The third kappa shape index (κ3) is 4.98. The zero-order valence-electron chi connectivity index (χ0n) is 17.7. The molecule has 1 aromatic rings. The van der Waals surface area contributed by atoms with Gasteiger partial charge in [-0.1, -0.05) is 19.3 Å². The highest BCUT2D eigenvalue weighted by atomic mass is 19.4. The molecule has 11 heteroatoms. The summed E-state index contributed by atoms with van der Waals surface area (Å²) in [7, 11) is 1.58. The van der Waals surface area contributed by atoms with E-state index in [0.29, 0.717) is 12.8 Å². The number of ether oxygens (including phenoxy) is 1. The summed E-state index contributed by atoms with van der Waals surface area (Å²) in [5, 5.41) is 12.4. The molecule has 0 bridgehead atoms. The van der Waals surface area contributed by atoms with Crippen LogP contribution in [0.3, 0.4) is 0 Å². The number of amides is 4. The maximum absolute atomic E-state index is 12.9. The van der Waals surface area contributed by atoms with Gasteiger partial charge in [0.1, 0.15) is 30.5 Å². The van der Waals surface area contributed by atoms with Crippen LogP contribution in [-0.4, -0.2) is 71.1 Å². The summed E-state index contributed by atoms with van der Waals surface area (Å²) in [6.45, 7) is -0.925. The first kappa shape index (κ1) is 23.8. The van der Waals surface area contributed by atoms with Crippen LogP contribution in [0.2, 0.25) is 0 Å². The van der Waals surface area contributed by atoms with E-state index in [4.69, 9.17) is 4.74 Å². The van der Waals surface area contributed by atoms with E-state index >= 15 is 0 Å². The highest BCUT2D eigenvalue weighted by molar-refractivity contribution is 6.08. The molecule has 0 aromatic heterocycles. The van der Waals surface area contributed by atoms with Crippen LogP contribution in [0, 0.1) is 0 Å². The van der Waals surface area contributed by atoms with Crippen molar-refractivity contribution in [3.63, 3.8) is 0 Å². The van der Waals surface area contributed by atoms with Crippen molar-refractivity contribution >= 4 is 17.8 Å². The quantitative estimate of drug-likeness (QED) is 0.612. The van der Waals surface area contributed by atoms with Gasteiger partial charge in [-0.05, 0) is 37.1 Å². The molecule has 2 N–H and O–H groups in total. The zero-order valence-corrected chi connectivity index (χ0v) is 17.7. The number of aliphatic hydroxyl groups excluding tert-OH is 1. The first-order valence-corrected chi connectivity index (χ1v) is 10.4. The summed E-state index contributed by atoms with van der Waals surface area (Å²) in [5.41, 5.74) is -1.69. The van der Waals surface area contributed by atoms with E-state index in [1.165, 1.54) is 4.90 Å². The van der Waals surface area contributed by atoms with Crippen LogP contribution in [0.15, 0.2) is 24.3 Å². The van der Waals surface area contributed by atoms with Crippen molar-refractivity contribution in [1.82, 2.24) is 15.1 Å². The lowest BCUT2D eigenvalue weighted by atomic mass is 9.81. The third-order valence-electron chi connectivity index (χ3n) is 5.94. The first-order chi connectivity index (χ1) is 15.0. The Balaban J connectivity index is 1.45. The molecule has 3 rings (SSSR count). The molecule has 32 heavy (non-hydrogen) atoms. The SMILES string of the molecule is CN1C(=O)N(CC(=O)NCC(O)COc2ccc(C(F)(F)F)cc2)C(=O)C12CCCCC2. The summed E-state index contributed by atoms with van der Waals surface area (Å²) < 4.78 is 42.9. The molecular formula is C21H26F3N3O5. The Hall–Kier alpha value is -2.82. The average molecular weight is 457 g/mol. The zero-order chi connectivity index (χ0) is 23.5. The van der Waals surface area contributed by atoms with Crippen LogP contribution >= 0.6 is 0 Å². The van der Waals surface area contributed by atoms with Gasteiger partial charge in [-0.15, -0.1) is 0 Å². The summed E-state index contributed by atoms with van der Waals surface area (Å²) in [5.74, 6) is -0.843. The van der Waals surface area contributed by atoms with Crippen LogP contribution in [0.4, 0.5) is 18.0 Å². The lowest BCUT2D eigenvalue weighted by Gasteiger charge is -2.35. The van der Waals surface area contributed by atoms with Gasteiger partial charge < -0.3 is 20.1 Å². The fourth-order valence-corrected chi connectivity index (χ4v) is 4.09. The number of carbonyl (C=O) groups is 3. The lowest BCUT2D eigenvalue weighted by molar-refractivity contribution is -0.138. The number of hydrogen-bond acceptors (Lipinski definition) is 5. The minimum atomic E-state index is -4.45. The molecule has 1 heterocycles. The van der Waals surface area contributed by atoms with E-state index in [9.17, 15) is 32.7 Å². The number of rotatable bonds is 7. The third-order valence-corrected chi connectivity index (χ3v) is 5.94. The number of nitrogens with one attached hydrogen (secondary N) is 1. The van der Waals surface area contributed by atoms with Gasteiger partial charge in [0.25, 0.3) is 5.91 Å². The summed E-state index contributed by atoms with van der Waals surface area (Å²) >= 11 is 0. The molecule has 1 spiro atoms. The molecular weight excluding hydrogens is 431 g/mol. The molecule has 1 aliphatic heterocycles. The normalized spacial score (nSPS) is 19.4. The smallest absolute Gasteiger partial charge is 0.416 e. The van der Waals surface area contributed by atoms with Gasteiger partial charge in [0.15, 0.2) is 0 Å². The van der Waals surface area contributed by atoms with Gasteiger partial charge >= 0.3 is 12.2 Å². The number of halogens is 3. The van der Waals surface area contributed by atoms with E-state index in [0.717, 1.165) is 48.4 Å². The first-order valence-electron chi connectivity index (χ1n) is 10.4. The summed E-state index contributed by atoms with van der Waals surface area (Å²) in [6, 6.07) is 3.48. The molecule has 1 saturated heterocycles. The fraction of sp³-hybridized carbons (Fsp3) is 0.571. The maximum atomic E-state index is 12.9. The van der Waals surface area contributed by atoms with E-state index in [1.54, 1.807) is 7.05 Å². The van der Waals surface area contributed by atoms with Crippen molar-refractivity contribution in [2.24, 2.45) is 0 Å². The van der Waals surface area contributed by atoms with E-state index < -0.39 is 41.9 Å². The maximum Gasteiger partial charge on any atom is 0.416 e. The van der Waals surface area contributed by atoms with E-state index in [2.05, 4.69) is 5.32 Å². The van der Waals surface area contributed by atoms with Gasteiger partial charge in [0.2, 0.25) is 5.91 Å². The molecule has 1 unspecified atom stereocenters. The van der Waals surface area contributed by atoms with Crippen molar-refractivity contribution < 1.29 is 37.4 Å². The minimum Gasteiger partial charge on any atom is -0.491 e. The molecule has 1 aliphatic carbocycles. The Kier molecular flexibility index (Phi) is 6.97. The summed E-state index contributed by atoms with van der Waals surface area (Å²) in [6.07, 6.45) is -1.75. The van der Waals surface area contributed by atoms with Crippen molar-refractivity contribution in [3.05, 3.63) is 29.8 Å². The molecule has 2 aliphatic rings. The average Bonchev–Trinajstić information content (AvgIpc) is 2.93. The topological polar surface area (TPSA) is 99.2 Å². The Morgan fingerprint density at radius 2 is 1.81 bits per heavy atom. The van der Waals surface area contributed by atoms with Gasteiger partial charge in [0, 0.05) is 13.6 Å². The minimum absolute atomic E-state index is 0.137. The van der Waals surface area contributed by atoms with Crippen molar-refractivity contribution in [2.75, 3.05) is 26.7 Å². The van der Waals surface area contributed by atoms with Crippen molar-refractivity contribution in [3.8, 4) is 5.75 Å². The molecule has 1 atom stereocenters. The highest BCUT2D eigenvalue weighted by Gasteiger charge is 2.55. The van der Waals surface area contributed by atoms with Crippen LogP contribution in [0.5, 0.6) is 5.75 Å². The number of likely N-dealkylation sites (N-methyl/N-ethyl adjacent to an activating group) is 1. The molecule has 0 radical (unpaired) electrons. The largest absolute Gasteiger partial charge is 0.491 e. The lowest BCUT2D eigenvalue weighted by Crippen LogP contribution is -2.49. The number of urea groups is 1. The van der Waals surface area contributed by atoms with Crippen molar-refractivity contribution in [2.45, 2.75) is 49.9 Å². The number of aliphatic hydroxyl groups is 1. The predicted molar refractivity (Wildman–Crippen MR) is 107 cm³/mol. The number of imide groups is 1. The molecule has 1 saturated carbocycles. The van der Waals surface area contributed by atoms with Crippen LogP contribution in [-0.2, 0) is 15.8 Å². The number of hydrogen-bond donors (Lipinski definition) is 2. The highest BCUT2D eigenvalue weighted by Crippen LogP contribution is 2.39. The molecule has 1 aromatic carbocycles. The van der Waals surface area contributed by atoms with E-state index in [-0.39, 0.29) is 24.8 Å². The predicted octanol–water partition coefficient (Wildman–Crippen LogP) is 2.16. The van der Waals surface area contributed by atoms with Gasteiger partial charge in [0.05, 0.1) is 5.56 Å². The van der Waals surface area contributed by atoms with Gasteiger partial charge in [-0.2, -0.15) is 13.2 Å². The second kappa shape index (κ2) is 9.35. The molecule has 2 fully saturated rings. The van der Waals surface area contributed by atoms with Gasteiger partial charge in [-0.25, -0.2) is 4.79 Å². The Morgan fingerprint density at radius 1 is 1.19 bits per heavy atom. The fourth-order valence-electron chi connectivity index (χ4n) is 4.09. The van der Waals surface area contributed by atoms with Crippen LogP contribution < -0.4 is 10.1 Å². The van der Waals surface area contributed by atoms with Gasteiger partial charge in [-0.3, -0.25) is 14.5 Å². The Bertz CT molecular complexity index is 853. The van der Waals surface area contributed by atoms with Crippen LogP contribution in [0.1, 0.15) is 37.7 Å². The number of benzene rings is 1. The second-order valence-electron chi connectivity index (χ2n) is 8.12. The summed E-state index contributed by atoms with van der Waals surface area (Å²) in [4.78, 5) is 40.0. The van der Waals surface area contributed by atoms with Crippen LogP contribution in [0.25, 0.3) is 0 Å². The second-order valence-corrected chi connectivity index (χ2v) is 8.12. The monoisotopic (exact) mass is 457 g/mol. The van der Waals surface area contributed by atoms with E-state index in [1.807, 2.05) is 0 Å². The number of alkyl halides is 3. The molecule has 8 nitrogen and oxygen atoms in total. The van der Waals surface area contributed by atoms with Crippen molar-refractivity contribution in [1.29, 1.82) is 0 Å². The molecule has 176 valence electrons. The standard InChI is InChI=1S/C21H26F3N3O5/c1-26-19(31)27(18(30)20(26)9-3-2-4-10-20)12-17(29)25-11-15(28)13-32-16-7-5-14(6-8-16)21(22,23)24/h5-8,15,28H,2-4,9-13H2,1H3,(H,25,29). The Morgan fingerprint density at radius 3 is 2.41 bits per heavy atom. The Labute approximate surface area is 183 Å². The molecule has 4 amide bonds. The number of nitrogens with zero attached hydrogens (tertiary/aromatic N) is 2.